The maximum absolute atomic E-state index is 5.93. The summed E-state index contributed by atoms with van der Waals surface area (Å²) in [6, 6.07) is 25.0. The topological polar surface area (TPSA) is 42.3 Å². The number of anilines is 1. The Balaban J connectivity index is 1.65. The maximum Gasteiger partial charge on any atom is 0.174 e. The first-order valence-corrected chi connectivity index (χ1v) is 12.9. The zero-order valence-corrected chi connectivity index (χ0v) is 22.0. The summed E-state index contributed by atoms with van der Waals surface area (Å²) in [6.45, 7) is 9.23. The molecule has 4 aromatic rings. The van der Waals surface area contributed by atoms with E-state index in [0.29, 0.717) is 11.7 Å². The SMILES string of the molecule is CCOc1ccc(N2C(=S)NC(c3ccccn3)C2c2cc(C)n(-c3ccccc3CC)c2C)cc1. The minimum atomic E-state index is -0.0827. The van der Waals surface area contributed by atoms with Crippen LogP contribution in [0.3, 0.4) is 0 Å². The van der Waals surface area contributed by atoms with Gasteiger partial charge in [-0.15, -0.1) is 0 Å². The molecule has 1 aliphatic rings. The average Bonchev–Trinajstić information content (AvgIpc) is 3.40. The van der Waals surface area contributed by atoms with Gasteiger partial charge in [-0.3, -0.25) is 4.98 Å². The van der Waals surface area contributed by atoms with Crippen molar-refractivity contribution in [3.8, 4) is 11.4 Å². The van der Waals surface area contributed by atoms with Crippen molar-refractivity contribution in [3.05, 3.63) is 107 Å². The molecule has 5 rings (SSSR count). The van der Waals surface area contributed by atoms with E-state index in [4.69, 9.17) is 21.9 Å². The van der Waals surface area contributed by atoms with E-state index >= 15 is 0 Å². The second-order valence-electron chi connectivity index (χ2n) is 9.07. The number of aromatic nitrogens is 2. The number of hydrogen-bond donors (Lipinski definition) is 1. The molecule has 2 atom stereocenters. The van der Waals surface area contributed by atoms with Gasteiger partial charge < -0.3 is 19.5 Å². The van der Waals surface area contributed by atoms with Gasteiger partial charge in [0.1, 0.15) is 5.75 Å². The van der Waals surface area contributed by atoms with E-state index in [1.165, 1.54) is 28.2 Å². The standard InChI is InChI=1S/C30H32N4OS/c1-5-22-11-7-8-13-27(22)33-20(3)19-25(21(33)4)29-28(26-12-9-10-18-31-26)32-30(36)34(29)23-14-16-24(17-15-23)35-6-2/h7-19,28-29H,5-6H2,1-4H3,(H,32,36). The van der Waals surface area contributed by atoms with Crippen molar-refractivity contribution in [3.63, 3.8) is 0 Å². The number of pyridine rings is 1. The molecule has 1 fully saturated rings. The highest BCUT2D eigenvalue weighted by Gasteiger charge is 2.42. The minimum absolute atomic E-state index is 0.0564. The number of thiocarbonyl (C=S) groups is 1. The summed E-state index contributed by atoms with van der Waals surface area (Å²) < 4.78 is 8.06. The molecule has 2 aromatic heterocycles. The molecule has 0 bridgehead atoms. The summed E-state index contributed by atoms with van der Waals surface area (Å²) in [5.41, 5.74) is 8.20. The molecule has 1 saturated heterocycles. The Kier molecular flexibility index (Phi) is 6.79. The Morgan fingerprint density at radius 2 is 1.72 bits per heavy atom. The average molecular weight is 497 g/mol. The van der Waals surface area contributed by atoms with Gasteiger partial charge in [0.05, 0.1) is 24.4 Å². The Morgan fingerprint density at radius 3 is 2.42 bits per heavy atom. The van der Waals surface area contributed by atoms with Crippen LogP contribution in [-0.2, 0) is 6.42 Å². The van der Waals surface area contributed by atoms with Gasteiger partial charge in [-0.2, -0.15) is 0 Å². The second-order valence-corrected chi connectivity index (χ2v) is 9.45. The third-order valence-corrected chi connectivity index (χ3v) is 7.24. The zero-order chi connectivity index (χ0) is 25.2. The van der Waals surface area contributed by atoms with Crippen LogP contribution in [0.15, 0.2) is 79.0 Å². The fourth-order valence-corrected chi connectivity index (χ4v) is 5.65. The van der Waals surface area contributed by atoms with Crippen LogP contribution in [0.1, 0.15) is 54.1 Å². The Morgan fingerprint density at radius 1 is 0.972 bits per heavy atom. The predicted octanol–water partition coefficient (Wildman–Crippen LogP) is 6.63. The third-order valence-electron chi connectivity index (χ3n) is 6.93. The molecular weight excluding hydrogens is 464 g/mol. The zero-order valence-electron chi connectivity index (χ0n) is 21.2. The lowest BCUT2D eigenvalue weighted by molar-refractivity contribution is 0.340. The van der Waals surface area contributed by atoms with Crippen LogP contribution in [0.5, 0.6) is 5.75 Å². The van der Waals surface area contributed by atoms with Gasteiger partial charge in [0.15, 0.2) is 5.11 Å². The monoisotopic (exact) mass is 496 g/mol. The highest BCUT2D eigenvalue weighted by molar-refractivity contribution is 7.80. The number of ether oxygens (including phenoxy) is 1. The lowest BCUT2D eigenvalue weighted by Crippen LogP contribution is -2.29. The highest BCUT2D eigenvalue weighted by Crippen LogP contribution is 2.44. The van der Waals surface area contributed by atoms with Gasteiger partial charge in [0.25, 0.3) is 0 Å². The normalized spacial score (nSPS) is 17.3. The summed E-state index contributed by atoms with van der Waals surface area (Å²) in [4.78, 5) is 6.93. The number of rotatable bonds is 7. The van der Waals surface area contributed by atoms with Crippen LogP contribution < -0.4 is 15.0 Å². The largest absolute Gasteiger partial charge is 0.494 e. The maximum atomic E-state index is 5.93. The fourth-order valence-electron chi connectivity index (χ4n) is 5.30. The van der Waals surface area contributed by atoms with Gasteiger partial charge in [-0.25, -0.2) is 0 Å². The van der Waals surface area contributed by atoms with Gasteiger partial charge in [-0.05, 0) is 99.1 Å². The number of hydrogen-bond acceptors (Lipinski definition) is 3. The van der Waals surface area contributed by atoms with Crippen LogP contribution in [0.25, 0.3) is 5.69 Å². The molecule has 0 radical (unpaired) electrons. The molecule has 5 nitrogen and oxygen atoms in total. The molecule has 2 aromatic carbocycles. The Bertz CT molecular complexity index is 1360. The van der Waals surface area contributed by atoms with E-state index in [2.05, 4.69) is 84.1 Å². The summed E-state index contributed by atoms with van der Waals surface area (Å²) >= 11 is 5.93. The molecule has 3 heterocycles. The number of para-hydroxylation sites is 1. The second kappa shape index (κ2) is 10.2. The Labute approximate surface area is 218 Å². The van der Waals surface area contributed by atoms with Crippen molar-refractivity contribution < 1.29 is 4.74 Å². The molecule has 184 valence electrons. The van der Waals surface area contributed by atoms with Crippen molar-refractivity contribution in [1.82, 2.24) is 14.9 Å². The number of nitrogens with zero attached hydrogens (tertiary/aromatic N) is 3. The molecule has 0 aliphatic carbocycles. The number of nitrogens with one attached hydrogen (secondary N) is 1. The van der Waals surface area contributed by atoms with Gasteiger partial charge >= 0.3 is 0 Å². The van der Waals surface area contributed by atoms with Crippen molar-refractivity contribution in [1.29, 1.82) is 0 Å². The van der Waals surface area contributed by atoms with E-state index < -0.39 is 0 Å². The first-order valence-electron chi connectivity index (χ1n) is 12.5. The molecule has 0 amide bonds. The summed E-state index contributed by atoms with van der Waals surface area (Å²) in [7, 11) is 0. The summed E-state index contributed by atoms with van der Waals surface area (Å²) in [5.74, 6) is 0.853. The first-order chi connectivity index (χ1) is 17.5. The summed E-state index contributed by atoms with van der Waals surface area (Å²) in [5, 5.41) is 4.27. The minimum Gasteiger partial charge on any atom is -0.494 e. The molecule has 1 aliphatic heterocycles. The van der Waals surface area contributed by atoms with Crippen LogP contribution >= 0.6 is 12.2 Å². The number of benzene rings is 2. The van der Waals surface area contributed by atoms with E-state index in [9.17, 15) is 0 Å². The van der Waals surface area contributed by atoms with Crippen molar-refractivity contribution in [2.24, 2.45) is 0 Å². The van der Waals surface area contributed by atoms with Gasteiger partial charge in [0, 0.05) is 29.0 Å². The molecule has 0 saturated carbocycles. The van der Waals surface area contributed by atoms with Crippen LogP contribution in [-0.4, -0.2) is 21.3 Å². The van der Waals surface area contributed by atoms with Crippen LogP contribution in [0.4, 0.5) is 5.69 Å². The number of aryl methyl sites for hydroxylation is 2. The lowest BCUT2D eigenvalue weighted by Gasteiger charge is -2.28. The quantitative estimate of drug-likeness (QED) is 0.291. The first kappa shape index (κ1) is 24.1. The van der Waals surface area contributed by atoms with Crippen molar-refractivity contribution in [2.75, 3.05) is 11.5 Å². The summed E-state index contributed by atoms with van der Waals surface area (Å²) in [6.07, 6.45) is 2.82. The molecule has 0 spiro atoms. The fraction of sp³-hybridized carbons (Fsp3) is 0.267. The Hall–Kier alpha value is -3.64. The molecule has 6 heteroatoms. The molecule has 36 heavy (non-hydrogen) atoms. The third kappa shape index (κ3) is 4.26. The van der Waals surface area contributed by atoms with E-state index in [0.717, 1.165) is 23.6 Å². The molecule has 1 N–H and O–H groups in total. The lowest BCUT2D eigenvalue weighted by atomic mass is 9.96. The predicted molar refractivity (Wildman–Crippen MR) is 150 cm³/mol. The van der Waals surface area contributed by atoms with Gasteiger partial charge in [-0.1, -0.05) is 31.2 Å². The van der Waals surface area contributed by atoms with E-state index in [-0.39, 0.29) is 12.1 Å². The smallest absolute Gasteiger partial charge is 0.174 e. The highest BCUT2D eigenvalue weighted by atomic mass is 32.1. The van der Waals surface area contributed by atoms with Crippen molar-refractivity contribution >= 4 is 23.0 Å². The van der Waals surface area contributed by atoms with Crippen molar-refractivity contribution in [2.45, 2.75) is 46.2 Å². The van der Waals surface area contributed by atoms with E-state index in [1.54, 1.807) is 0 Å². The molecule has 2 unspecified atom stereocenters. The van der Waals surface area contributed by atoms with Crippen LogP contribution in [0, 0.1) is 13.8 Å². The van der Waals surface area contributed by atoms with Gasteiger partial charge in [0.2, 0.25) is 0 Å². The van der Waals surface area contributed by atoms with Crippen LogP contribution in [0.2, 0.25) is 0 Å². The van der Waals surface area contributed by atoms with E-state index in [1.807, 2.05) is 37.4 Å². The molecular formula is C30H32N4OS.